The molecule has 1 aromatic carbocycles. The molecule has 2 rings (SSSR count). The van der Waals surface area contributed by atoms with E-state index in [9.17, 15) is 19.5 Å². The Hall–Kier alpha value is -2.28. The van der Waals surface area contributed by atoms with E-state index in [0.29, 0.717) is 10.5 Å². The first-order valence-corrected chi connectivity index (χ1v) is 9.38. The van der Waals surface area contributed by atoms with Crippen molar-refractivity contribution in [3.63, 3.8) is 0 Å². The summed E-state index contributed by atoms with van der Waals surface area (Å²) in [6, 6.07) is 3.60. The minimum Gasteiger partial charge on any atom is -0.507 e. The van der Waals surface area contributed by atoms with Crippen molar-refractivity contribution in [3.05, 3.63) is 33.7 Å². The number of amides is 2. The molecule has 0 saturated carbocycles. The quantitative estimate of drug-likeness (QED) is 0.753. The number of carbonyl (C=O) groups excluding carboxylic acids is 2. The lowest BCUT2D eigenvalue weighted by Gasteiger charge is -2.28. The van der Waals surface area contributed by atoms with Crippen molar-refractivity contribution in [1.82, 2.24) is 4.90 Å². The highest BCUT2D eigenvalue weighted by Crippen LogP contribution is 2.41. The van der Waals surface area contributed by atoms with E-state index >= 15 is 0 Å². The summed E-state index contributed by atoms with van der Waals surface area (Å²) in [5.74, 6) is -1.63. The zero-order chi connectivity index (χ0) is 20.7. The molecule has 27 heavy (non-hydrogen) atoms. The number of rotatable bonds is 3. The minimum atomic E-state index is -1.24. The van der Waals surface area contributed by atoms with Crippen LogP contribution in [0, 0.1) is 0 Å². The first-order chi connectivity index (χ1) is 12.2. The molecule has 7 heteroatoms. The normalized spacial score (nSPS) is 17.1. The van der Waals surface area contributed by atoms with Crippen LogP contribution in [0.1, 0.15) is 58.2 Å². The topological polar surface area (TPSA) is 94.9 Å². The van der Waals surface area contributed by atoms with E-state index in [0.717, 1.165) is 22.9 Å². The highest BCUT2D eigenvalue weighted by molar-refractivity contribution is 8.18. The third-order valence-corrected chi connectivity index (χ3v) is 5.12. The van der Waals surface area contributed by atoms with Gasteiger partial charge in [-0.25, -0.2) is 0 Å². The Bertz CT molecular complexity index is 808. The van der Waals surface area contributed by atoms with Crippen molar-refractivity contribution < 1.29 is 24.6 Å². The predicted octanol–water partition coefficient (Wildman–Crippen LogP) is 4.11. The highest BCUT2D eigenvalue weighted by atomic mass is 32.2. The van der Waals surface area contributed by atoms with E-state index in [-0.39, 0.29) is 21.5 Å². The van der Waals surface area contributed by atoms with Crippen LogP contribution in [-0.4, -0.2) is 38.8 Å². The molecule has 0 bridgehead atoms. The number of benzene rings is 1. The first kappa shape index (κ1) is 21.0. The molecule has 1 fully saturated rings. The van der Waals surface area contributed by atoms with Gasteiger partial charge >= 0.3 is 5.97 Å². The molecule has 0 unspecified atom stereocenters. The summed E-state index contributed by atoms with van der Waals surface area (Å²) < 4.78 is 0. The molecule has 0 radical (unpaired) electrons. The van der Waals surface area contributed by atoms with Crippen LogP contribution >= 0.6 is 11.8 Å². The molecule has 2 amide bonds. The smallest absolute Gasteiger partial charge is 0.323 e. The standard InChI is InChI=1S/C20H25NO5S/c1-19(2,3)12-7-11(8-13(16(12)24)20(4,5)6)9-14-17(25)21(10-15(22)23)18(26)27-14/h7-9,24H,10H2,1-6H3,(H,22,23). The van der Waals surface area contributed by atoms with Crippen molar-refractivity contribution in [3.8, 4) is 5.75 Å². The number of imide groups is 1. The van der Waals surface area contributed by atoms with Gasteiger partial charge in [-0.2, -0.15) is 0 Å². The maximum atomic E-state index is 12.4. The minimum absolute atomic E-state index is 0.173. The number of aromatic hydroxyl groups is 1. The fraction of sp³-hybridized carbons (Fsp3) is 0.450. The third kappa shape index (κ3) is 4.53. The molecule has 0 aromatic heterocycles. The maximum Gasteiger partial charge on any atom is 0.323 e. The Morgan fingerprint density at radius 2 is 1.56 bits per heavy atom. The van der Waals surface area contributed by atoms with E-state index in [4.69, 9.17) is 5.11 Å². The van der Waals surface area contributed by atoms with Gasteiger partial charge in [-0.15, -0.1) is 0 Å². The fourth-order valence-electron chi connectivity index (χ4n) is 2.81. The molecule has 1 saturated heterocycles. The summed E-state index contributed by atoms with van der Waals surface area (Å²) in [6.45, 7) is 11.3. The van der Waals surface area contributed by atoms with Crippen LogP contribution in [0.5, 0.6) is 5.75 Å². The summed E-state index contributed by atoms with van der Waals surface area (Å²) in [6.07, 6.45) is 1.58. The van der Waals surface area contributed by atoms with E-state index in [2.05, 4.69) is 0 Å². The second kappa shape index (κ2) is 7.03. The molecule has 0 spiro atoms. The van der Waals surface area contributed by atoms with Crippen molar-refractivity contribution in [2.75, 3.05) is 6.54 Å². The van der Waals surface area contributed by atoms with Crippen molar-refractivity contribution >= 4 is 35.0 Å². The van der Waals surface area contributed by atoms with Gasteiger partial charge in [0, 0.05) is 11.1 Å². The Morgan fingerprint density at radius 3 is 1.96 bits per heavy atom. The van der Waals surface area contributed by atoms with Gasteiger partial charge in [0.1, 0.15) is 12.3 Å². The molecule has 0 atom stereocenters. The Balaban J connectivity index is 2.56. The van der Waals surface area contributed by atoms with E-state index < -0.39 is 23.7 Å². The lowest BCUT2D eigenvalue weighted by Crippen LogP contribution is -2.33. The number of carbonyl (C=O) groups is 3. The molecule has 1 heterocycles. The van der Waals surface area contributed by atoms with Gasteiger partial charge < -0.3 is 10.2 Å². The number of aliphatic carboxylic acids is 1. The van der Waals surface area contributed by atoms with E-state index in [1.807, 2.05) is 41.5 Å². The van der Waals surface area contributed by atoms with Crippen LogP contribution in [0.15, 0.2) is 17.0 Å². The van der Waals surface area contributed by atoms with Gasteiger partial charge in [-0.05, 0) is 46.4 Å². The molecule has 2 N–H and O–H groups in total. The fourth-order valence-corrected chi connectivity index (χ4v) is 3.64. The van der Waals surface area contributed by atoms with E-state index in [1.54, 1.807) is 18.2 Å². The number of hydrogen-bond acceptors (Lipinski definition) is 5. The van der Waals surface area contributed by atoms with Gasteiger partial charge in [0.15, 0.2) is 0 Å². The van der Waals surface area contributed by atoms with Gasteiger partial charge in [-0.1, -0.05) is 41.5 Å². The van der Waals surface area contributed by atoms with Crippen LogP contribution in [0.25, 0.3) is 6.08 Å². The van der Waals surface area contributed by atoms with Crippen molar-refractivity contribution in [2.45, 2.75) is 52.4 Å². The number of carboxylic acid groups (broad SMARTS) is 1. The van der Waals surface area contributed by atoms with Gasteiger partial charge in [0.2, 0.25) is 0 Å². The number of thioether (sulfide) groups is 1. The van der Waals surface area contributed by atoms with Gasteiger partial charge in [0.05, 0.1) is 4.91 Å². The monoisotopic (exact) mass is 391 g/mol. The molecular formula is C20H25NO5S. The number of carboxylic acids is 1. The summed E-state index contributed by atoms with van der Waals surface area (Å²) in [4.78, 5) is 36.1. The van der Waals surface area contributed by atoms with Crippen LogP contribution in [0.2, 0.25) is 0 Å². The van der Waals surface area contributed by atoms with Crippen molar-refractivity contribution in [2.24, 2.45) is 0 Å². The summed E-state index contributed by atoms with van der Waals surface area (Å²) in [5.41, 5.74) is 1.52. The predicted molar refractivity (Wildman–Crippen MR) is 106 cm³/mol. The molecule has 0 aliphatic carbocycles. The molecule has 1 aromatic rings. The number of hydrogen-bond donors (Lipinski definition) is 2. The maximum absolute atomic E-state index is 12.4. The second-order valence-electron chi connectivity index (χ2n) is 8.63. The van der Waals surface area contributed by atoms with E-state index in [1.165, 1.54) is 0 Å². The average Bonchev–Trinajstić information content (AvgIpc) is 2.73. The average molecular weight is 391 g/mol. The summed E-state index contributed by atoms with van der Waals surface area (Å²) >= 11 is 0.722. The zero-order valence-corrected chi connectivity index (χ0v) is 17.2. The van der Waals surface area contributed by atoms with Crippen molar-refractivity contribution in [1.29, 1.82) is 0 Å². The third-order valence-electron chi connectivity index (χ3n) is 4.21. The SMILES string of the molecule is CC(C)(C)c1cc(C=C2SC(=O)N(CC(=O)O)C2=O)cc(C(C)(C)C)c1O. The number of nitrogens with zero attached hydrogens (tertiary/aromatic N) is 1. The lowest BCUT2D eigenvalue weighted by molar-refractivity contribution is -0.140. The second-order valence-corrected chi connectivity index (χ2v) is 9.62. The summed E-state index contributed by atoms with van der Waals surface area (Å²) in [7, 11) is 0. The molecule has 146 valence electrons. The van der Waals surface area contributed by atoms with Crippen LogP contribution in [0.4, 0.5) is 4.79 Å². The molecule has 1 aliphatic rings. The molecule has 6 nitrogen and oxygen atoms in total. The van der Waals surface area contributed by atoms with Crippen LogP contribution in [-0.2, 0) is 20.4 Å². The lowest BCUT2D eigenvalue weighted by atomic mass is 9.78. The Labute approximate surface area is 163 Å². The van der Waals surface area contributed by atoms with Gasteiger partial charge in [0.25, 0.3) is 11.1 Å². The largest absolute Gasteiger partial charge is 0.507 e. The van der Waals surface area contributed by atoms with Crippen LogP contribution in [0.3, 0.4) is 0 Å². The molecular weight excluding hydrogens is 366 g/mol. The zero-order valence-electron chi connectivity index (χ0n) is 16.4. The summed E-state index contributed by atoms with van der Waals surface area (Å²) in [5, 5.41) is 19.0. The molecule has 1 aliphatic heterocycles. The first-order valence-electron chi connectivity index (χ1n) is 8.57. The number of phenols is 1. The Kier molecular flexibility index (Phi) is 5.48. The van der Waals surface area contributed by atoms with Gasteiger partial charge in [-0.3, -0.25) is 19.3 Å². The van der Waals surface area contributed by atoms with Crippen LogP contribution < -0.4 is 0 Å². The highest BCUT2D eigenvalue weighted by Gasteiger charge is 2.36. The number of phenolic OH excluding ortho intramolecular Hbond substituents is 1. The Morgan fingerprint density at radius 1 is 1.07 bits per heavy atom.